The van der Waals surface area contributed by atoms with Crippen molar-refractivity contribution in [2.75, 3.05) is 19.6 Å². The van der Waals surface area contributed by atoms with Gasteiger partial charge in [0.2, 0.25) is 5.91 Å². The average Bonchev–Trinajstić information content (AvgIpc) is 2.97. The summed E-state index contributed by atoms with van der Waals surface area (Å²) in [5.74, 6) is 0.352. The molecule has 3 nitrogen and oxygen atoms in total. The lowest BCUT2D eigenvalue weighted by molar-refractivity contribution is -0.133. The van der Waals surface area contributed by atoms with Crippen LogP contribution in [0.2, 0.25) is 0 Å². The number of thioether (sulfide) groups is 1. The Morgan fingerprint density at radius 2 is 2.05 bits per heavy atom. The molecule has 1 amide bonds. The Balaban J connectivity index is 0.00000176. The van der Waals surface area contributed by atoms with Crippen molar-refractivity contribution in [3.8, 4) is 0 Å². The van der Waals surface area contributed by atoms with Crippen LogP contribution in [0.25, 0.3) is 0 Å². The third-order valence-corrected chi connectivity index (χ3v) is 5.72. The van der Waals surface area contributed by atoms with Crippen molar-refractivity contribution in [1.29, 1.82) is 0 Å². The lowest BCUT2D eigenvalue weighted by Crippen LogP contribution is -2.49. The fraction of sp³-hybridized carbons (Fsp3) is 0.588. The first-order chi connectivity index (χ1) is 10.3. The number of benzene rings is 1. The number of piperidine rings is 1. The van der Waals surface area contributed by atoms with Gasteiger partial charge in [0.05, 0.1) is 5.25 Å². The summed E-state index contributed by atoms with van der Waals surface area (Å²) in [7, 11) is 0. The monoisotopic (exact) mass is 340 g/mol. The van der Waals surface area contributed by atoms with Crippen LogP contribution in [0.5, 0.6) is 0 Å². The summed E-state index contributed by atoms with van der Waals surface area (Å²) >= 11 is 1.76. The summed E-state index contributed by atoms with van der Waals surface area (Å²) in [4.78, 5) is 16.4. The second-order valence-corrected chi connectivity index (χ2v) is 7.18. The van der Waals surface area contributed by atoms with E-state index in [1.807, 2.05) is 0 Å². The molecule has 5 heteroatoms. The van der Waals surface area contributed by atoms with E-state index in [0.717, 1.165) is 45.3 Å². The summed E-state index contributed by atoms with van der Waals surface area (Å²) in [5, 5.41) is 3.48. The van der Waals surface area contributed by atoms with Gasteiger partial charge in [0, 0.05) is 17.5 Å². The molecular weight excluding hydrogens is 316 g/mol. The smallest absolute Gasteiger partial charge is 0.236 e. The predicted molar refractivity (Wildman–Crippen MR) is 94.9 cm³/mol. The SMILES string of the molecule is CCCN(C(=O)C1Cc2ccccc2S1)C1CCNCC1.Cl. The molecule has 2 heterocycles. The van der Waals surface area contributed by atoms with Gasteiger partial charge in [-0.1, -0.05) is 25.1 Å². The maximum Gasteiger partial charge on any atom is 0.236 e. The number of rotatable bonds is 4. The summed E-state index contributed by atoms with van der Waals surface area (Å²) in [6.07, 6.45) is 4.12. The Hall–Kier alpha value is -0.710. The van der Waals surface area contributed by atoms with Gasteiger partial charge in [-0.15, -0.1) is 24.2 Å². The maximum absolute atomic E-state index is 13.0. The second kappa shape index (κ2) is 8.23. The van der Waals surface area contributed by atoms with Crippen LogP contribution in [0.15, 0.2) is 29.2 Å². The molecular formula is C17H25ClN2OS. The van der Waals surface area contributed by atoms with Crippen molar-refractivity contribution >= 4 is 30.1 Å². The van der Waals surface area contributed by atoms with Crippen molar-refractivity contribution in [2.24, 2.45) is 0 Å². The van der Waals surface area contributed by atoms with E-state index in [0.29, 0.717) is 11.9 Å². The Morgan fingerprint density at radius 3 is 2.73 bits per heavy atom. The molecule has 22 heavy (non-hydrogen) atoms. The summed E-state index contributed by atoms with van der Waals surface area (Å²) < 4.78 is 0. The van der Waals surface area contributed by atoms with Crippen LogP contribution >= 0.6 is 24.2 Å². The molecule has 3 rings (SSSR count). The molecule has 2 aliphatic rings. The Bertz CT molecular complexity index is 480. The molecule has 0 aliphatic carbocycles. The topological polar surface area (TPSA) is 32.3 Å². The van der Waals surface area contributed by atoms with Gasteiger partial charge < -0.3 is 10.2 Å². The van der Waals surface area contributed by atoms with Crippen LogP contribution < -0.4 is 5.32 Å². The zero-order valence-corrected chi connectivity index (χ0v) is 14.7. The first-order valence-electron chi connectivity index (χ1n) is 8.05. The summed E-state index contributed by atoms with van der Waals surface area (Å²) in [6.45, 7) is 5.14. The van der Waals surface area contributed by atoms with Crippen molar-refractivity contribution in [2.45, 2.75) is 48.8 Å². The van der Waals surface area contributed by atoms with Gasteiger partial charge in [0.1, 0.15) is 0 Å². The van der Waals surface area contributed by atoms with Gasteiger partial charge in [-0.25, -0.2) is 0 Å². The lowest BCUT2D eigenvalue weighted by atomic mass is 10.0. The minimum atomic E-state index is 0. The van der Waals surface area contributed by atoms with Crippen LogP contribution in [0.1, 0.15) is 31.7 Å². The fourth-order valence-corrected chi connectivity index (χ4v) is 4.60. The Labute approximate surface area is 143 Å². The largest absolute Gasteiger partial charge is 0.339 e. The van der Waals surface area contributed by atoms with Gasteiger partial charge in [-0.3, -0.25) is 4.79 Å². The molecule has 122 valence electrons. The van der Waals surface area contributed by atoms with E-state index in [1.54, 1.807) is 11.8 Å². The van der Waals surface area contributed by atoms with Gasteiger partial charge in [-0.05, 0) is 50.4 Å². The molecule has 1 saturated heterocycles. The number of amides is 1. The van der Waals surface area contributed by atoms with E-state index in [9.17, 15) is 4.79 Å². The molecule has 0 bridgehead atoms. The molecule has 1 aromatic rings. The summed E-state index contributed by atoms with van der Waals surface area (Å²) in [5.41, 5.74) is 1.34. The number of hydrogen-bond acceptors (Lipinski definition) is 3. The average molecular weight is 341 g/mol. The zero-order valence-electron chi connectivity index (χ0n) is 13.1. The number of nitrogens with zero attached hydrogens (tertiary/aromatic N) is 1. The molecule has 1 unspecified atom stereocenters. The third kappa shape index (κ3) is 3.79. The number of nitrogens with one attached hydrogen (secondary N) is 1. The van der Waals surface area contributed by atoms with Crippen molar-refractivity contribution in [3.63, 3.8) is 0 Å². The lowest BCUT2D eigenvalue weighted by Gasteiger charge is -2.36. The van der Waals surface area contributed by atoms with E-state index in [1.165, 1.54) is 10.5 Å². The van der Waals surface area contributed by atoms with Crippen LogP contribution in [-0.4, -0.2) is 41.7 Å². The first kappa shape index (κ1) is 17.6. The highest BCUT2D eigenvalue weighted by Crippen LogP contribution is 2.38. The minimum absolute atomic E-state index is 0. The molecule has 0 radical (unpaired) electrons. The number of halogens is 1. The van der Waals surface area contributed by atoms with Crippen LogP contribution in [0.3, 0.4) is 0 Å². The zero-order chi connectivity index (χ0) is 14.7. The van der Waals surface area contributed by atoms with Crippen LogP contribution in [0.4, 0.5) is 0 Å². The van der Waals surface area contributed by atoms with Gasteiger partial charge in [0.15, 0.2) is 0 Å². The predicted octanol–water partition coefficient (Wildman–Crippen LogP) is 3.12. The van der Waals surface area contributed by atoms with E-state index >= 15 is 0 Å². The molecule has 0 saturated carbocycles. The first-order valence-corrected chi connectivity index (χ1v) is 8.93. The Kier molecular flexibility index (Phi) is 6.60. The minimum Gasteiger partial charge on any atom is -0.339 e. The number of hydrogen-bond donors (Lipinski definition) is 1. The second-order valence-electron chi connectivity index (χ2n) is 5.93. The highest BCUT2D eigenvalue weighted by molar-refractivity contribution is 8.01. The van der Waals surface area contributed by atoms with Crippen LogP contribution in [0, 0.1) is 0 Å². The molecule has 0 spiro atoms. The highest BCUT2D eigenvalue weighted by atomic mass is 35.5. The Morgan fingerprint density at radius 1 is 1.32 bits per heavy atom. The van der Waals surface area contributed by atoms with Crippen molar-refractivity contribution in [1.82, 2.24) is 10.2 Å². The number of carbonyl (C=O) groups excluding carboxylic acids is 1. The fourth-order valence-electron chi connectivity index (χ4n) is 3.34. The van der Waals surface area contributed by atoms with E-state index in [-0.39, 0.29) is 17.7 Å². The molecule has 2 aliphatic heterocycles. The highest BCUT2D eigenvalue weighted by Gasteiger charge is 2.34. The summed E-state index contributed by atoms with van der Waals surface area (Å²) in [6, 6.07) is 8.87. The van der Waals surface area contributed by atoms with E-state index in [2.05, 4.69) is 41.4 Å². The van der Waals surface area contributed by atoms with Crippen LogP contribution in [-0.2, 0) is 11.2 Å². The van der Waals surface area contributed by atoms with Gasteiger partial charge in [0.25, 0.3) is 0 Å². The number of fused-ring (bicyclic) bond motifs is 1. The quantitative estimate of drug-likeness (QED) is 0.914. The van der Waals surface area contributed by atoms with Gasteiger partial charge >= 0.3 is 0 Å². The standard InChI is InChI=1S/C17H24N2OS.ClH/c1-2-11-19(14-7-9-18-10-8-14)17(20)16-12-13-5-3-4-6-15(13)21-16;/h3-6,14,16,18H,2,7-12H2,1H3;1H. The molecule has 1 fully saturated rings. The number of carbonyl (C=O) groups is 1. The molecule has 0 aromatic heterocycles. The van der Waals surface area contributed by atoms with Crippen molar-refractivity contribution < 1.29 is 4.79 Å². The van der Waals surface area contributed by atoms with Gasteiger partial charge in [-0.2, -0.15) is 0 Å². The molecule has 1 atom stereocenters. The van der Waals surface area contributed by atoms with E-state index in [4.69, 9.17) is 0 Å². The normalized spacial score (nSPS) is 21.0. The van der Waals surface area contributed by atoms with Crippen molar-refractivity contribution in [3.05, 3.63) is 29.8 Å². The maximum atomic E-state index is 13.0. The molecule has 1 N–H and O–H groups in total. The third-order valence-electron chi connectivity index (χ3n) is 4.42. The van der Waals surface area contributed by atoms with E-state index < -0.39 is 0 Å². The molecule has 1 aromatic carbocycles.